The van der Waals surface area contributed by atoms with Crippen LogP contribution in [0.3, 0.4) is 0 Å². The van der Waals surface area contributed by atoms with Crippen molar-refractivity contribution in [3.8, 4) is 0 Å². The number of benzene rings is 2. The SMILES string of the molecule is Fc1cc(Sc2cccc(C(F)(F)F)c2)ccc1CCCI. The molecule has 118 valence electrons. The third-order valence-electron chi connectivity index (χ3n) is 3.00. The first kappa shape index (κ1) is 17.6. The summed E-state index contributed by atoms with van der Waals surface area (Å²) in [6.07, 6.45) is -2.80. The molecule has 0 radical (unpaired) electrons. The molecule has 0 fully saturated rings. The Kier molecular flexibility index (Phi) is 6.14. The van der Waals surface area contributed by atoms with E-state index in [4.69, 9.17) is 0 Å². The Balaban J connectivity index is 2.16. The van der Waals surface area contributed by atoms with Crippen LogP contribution in [0.25, 0.3) is 0 Å². The van der Waals surface area contributed by atoms with Crippen LogP contribution in [-0.2, 0) is 12.6 Å². The Labute approximate surface area is 144 Å². The number of halogens is 5. The Hall–Kier alpha value is -0.760. The summed E-state index contributed by atoms with van der Waals surface area (Å²) in [5.41, 5.74) is -0.0540. The van der Waals surface area contributed by atoms with E-state index in [9.17, 15) is 17.6 Å². The van der Waals surface area contributed by atoms with E-state index in [2.05, 4.69) is 22.6 Å². The predicted molar refractivity (Wildman–Crippen MR) is 89.2 cm³/mol. The van der Waals surface area contributed by atoms with Crippen molar-refractivity contribution in [3.63, 3.8) is 0 Å². The molecular weight excluding hydrogens is 427 g/mol. The Bertz CT molecular complexity index is 640. The molecule has 2 aromatic rings. The van der Waals surface area contributed by atoms with Crippen LogP contribution >= 0.6 is 34.4 Å². The molecule has 0 saturated carbocycles. The van der Waals surface area contributed by atoms with Crippen LogP contribution in [0.1, 0.15) is 17.5 Å². The quantitative estimate of drug-likeness (QED) is 0.296. The van der Waals surface area contributed by atoms with Gasteiger partial charge in [-0.15, -0.1) is 0 Å². The first-order valence-electron chi connectivity index (χ1n) is 6.59. The zero-order valence-electron chi connectivity index (χ0n) is 11.5. The summed E-state index contributed by atoms with van der Waals surface area (Å²) in [5, 5.41) is 0. The van der Waals surface area contributed by atoms with Gasteiger partial charge in [-0.05, 0) is 53.2 Å². The Morgan fingerprint density at radius 3 is 2.36 bits per heavy atom. The highest BCUT2D eigenvalue weighted by Crippen LogP contribution is 2.34. The third-order valence-corrected chi connectivity index (χ3v) is 4.74. The highest BCUT2D eigenvalue weighted by atomic mass is 127. The van der Waals surface area contributed by atoms with Gasteiger partial charge in [0.2, 0.25) is 0 Å². The summed E-state index contributed by atoms with van der Waals surface area (Å²) in [6, 6.07) is 9.88. The molecule has 0 heterocycles. The second-order valence-corrected chi connectivity index (χ2v) is 6.90. The van der Waals surface area contributed by atoms with Crippen molar-refractivity contribution in [1.29, 1.82) is 0 Å². The predicted octanol–water partition coefficient (Wildman–Crippen LogP) is 6.36. The maximum Gasteiger partial charge on any atom is 0.416 e. The van der Waals surface area contributed by atoms with Crippen LogP contribution in [-0.4, -0.2) is 4.43 Å². The van der Waals surface area contributed by atoms with E-state index in [0.29, 0.717) is 21.8 Å². The summed E-state index contributed by atoms with van der Waals surface area (Å²) < 4.78 is 52.9. The number of alkyl halides is 4. The van der Waals surface area contributed by atoms with Crippen molar-refractivity contribution in [2.24, 2.45) is 0 Å². The zero-order valence-corrected chi connectivity index (χ0v) is 14.4. The Morgan fingerprint density at radius 2 is 1.73 bits per heavy atom. The normalized spacial score (nSPS) is 11.7. The molecule has 2 aromatic carbocycles. The molecule has 0 atom stereocenters. The average molecular weight is 440 g/mol. The number of aryl methyl sites for hydroxylation is 1. The monoisotopic (exact) mass is 440 g/mol. The molecule has 0 unspecified atom stereocenters. The second kappa shape index (κ2) is 7.68. The van der Waals surface area contributed by atoms with Crippen LogP contribution in [0.5, 0.6) is 0 Å². The molecule has 6 heteroatoms. The lowest BCUT2D eigenvalue weighted by molar-refractivity contribution is -0.137. The van der Waals surface area contributed by atoms with Gasteiger partial charge in [0.25, 0.3) is 0 Å². The van der Waals surface area contributed by atoms with Crippen LogP contribution in [0, 0.1) is 5.82 Å². The van der Waals surface area contributed by atoms with Crippen LogP contribution in [0.2, 0.25) is 0 Å². The highest BCUT2D eigenvalue weighted by Gasteiger charge is 2.30. The van der Waals surface area contributed by atoms with Gasteiger partial charge >= 0.3 is 6.18 Å². The molecule has 0 aliphatic carbocycles. The van der Waals surface area contributed by atoms with Crippen molar-refractivity contribution < 1.29 is 17.6 Å². The van der Waals surface area contributed by atoms with Gasteiger partial charge in [0, 0.05) is 9.79 Å². The lowest BCUT2D eigenvalue weighted by Crippen LogP contribution is -2.04. The van der Waals surface area contributed by atoms with Gasteiger partial charge in [-0.3, -0.25) is 0 Å². The van der Waals surface area contributed by atoms with Crippen molar-refractivity contribution in [1.82, 2.24) is 0 Å². The maximum absolute atomic E-state index is 13.9. The first-order chi connectivity index (χ1) is 10.4. The molecule has 2 rings (SSSR count). The fourth-order valence-corrected chi connectivity index (χ4v) is 3.21. The van der Waals surface area contributed by atoms with Gasteiger partial charge < -0.3 is 0 Å². The molecule has 0 aliphatic rings. The third kappa shape index (κ3) is 4.87. The summed E-state index contributed by atoms with van der Waals surface area (Å²) in [4.78, 5) is 1.03. The minimum absolute atomic E-state index is 0.304. The van der Waals surface area contributed by atoms with Crippen LogP contribution in [0.15, 0.2) is 52.3 Å². The standard InChI is InChI=1S/C16H13F4IS/c17-15-10-14(7-6-11(15)3-2-8-21)22-13-5-1-4-12(9-13)16(18,19)20/h1,4-7,9-10H,2-3,8H2. The van der Waals surface area contributed by atoms with E-state index >= 15 is 0 Å². The molecule has 0 N–H and O–H groups in total. The van der Waals surface area contributed by atoms with E-state index in [1.165, 1.54) is 12.1 Å². The van der Waals surface area contributed by atoms with E-state index in [-0.39, 0.29) is 5.82 Å². The van der Waals surface area contributed by atoms with Gasteiger partial charge in [0.1, 0.15) is 5.82 Å². The van der Waals surface area contributed by atoms with Crippen LogP contribution in [0.4, 0.5) is 17.6 Å². The summed E-state index contributed by atoms with van der Waals surface area (Å²) in [7, 11) is 0. The molecular formula is C16H13F4IS. The Morgan fingerprint density at radius 1 is 1.00 bits per heavy atom. The van der Waals surface area contributed by atoms with E-state index in [0.717, 1.165) is 34.7 Å². The molecule has 0 amide bonds. The number of hydrogen-bond donors (Lipinski definition) is 0. The molecule has 22 heavy (non-hydrogen) atoms. The smallest absolute Gasteiger partial charge is 0.207 e. The molecule has 0 bridgehead atoms. The number of rotatable bonds is 5. The maximum atomic E-state index is 13.9. The molecule has 0 spiro atoms. The van der Waals surface area contributed by atoms with Crippen LogP contribution < -0.4 is 0 Å². The molecule has 0 aliphatic heterocycles. The van der Waals surface area contributed by atoms with E-state index in [1.807, 2.05) is 0 Å². The fourth-order valence-electron chi connectivity index (χ4n) is 1.92. The van der Waals surface area contributed by atoms with Gasteiger partial charge in [0.05, 0.1) is 5.56 Å². The minimum atomic E-state index is -4.37. The number of hydrogen-bond acceptors (Lipinski definition) is 1. The molecule has 0 nitrogen and oxygen atoms in total. The lowest BCUT2D eigenvalue weighted by Gasteiger charge is -2.09. The summed E-state index contributed by atoms with van der Waals surface area (Å²) >= 11 is 3.36. The topological polar surface area (TPSA) is 0 Å². The van der Waals surface area contributed by atoms with Crippen molar-refractivity contribution in [3.05, 3.63) is 59.4 Å². The van der Waals surface area contributed by atoms with Gasteiger partial charge in [0.15, 0.2) is 0 Å². The average Bonchev–Trinajstić information content (AvgIpc) is 2.46. The fraction of sp³-hybridized carbons (Fsp3) is 0.250. The van der Waals surface area contributed by atoms with Gasteiger partial charge in [-0.2, -0.15) is 13.2 Å². The molecule has 0 aromatic heterocycles. The van der Waals surface area contributed by atoms with Gasteiger partial charge in [-0.1, -0.05) is 46.5 Å². The minimum Gasteiger partial charge on any atom is -0.207 e. The lowest BCUT2D eigenvalue weighted by atomic mass is 10.1. The summed E-state index contributed by atoms with van der Waals surface area (Å²) in [5.74, 6) is -0.304. The van der Waals surface area contributed by atoms with Crippen molar-refractivity contribution in [2.45, 2.75) is 28.8 Å². The summed E-state index contributed by atoms with van der Waals surface area (Å²) in [6.45, 7) is 0. The van der Waals surface area contributed by atoms with Crippen molar-refractivity contribution in [2.75, 3.05) is 4.43 Å². The first-order valence-corrected chi connectivity index (χ1v) is 8.94. The zero-order chi connectivity index (χ0) is 16.2. The van der Waals surface area contributed by atoms with E-state index in [1.54, 1.807) is 18.2 Å². The highest BCUT2D eigenvalue weighted by molar-refractivity contribution is 14.1. The van der Waals surface area contributed by atoms with E-state index < -0.39 is 11.7 Å². The second-order valence-electron chi connectivity index (χ2n) is 4.67. The van der Waals surface area contributed by atoms with Gasteiger partial charge in [-0.25, -0.2) is 4.39 Å². The van der Waals surface area contributed by atoms with Crippen molar-refractivity contribution >= 4 is 34.4 Å². The largest absolute Gasteiger partial charge is 0.416 e. The molecule has 0 saturated heterocycles.